The van der Waals surface area contributed by atoms with Crippen molar-refractivity contribution < 1.29 is 18.3 Å². The summed E-state index contributed by atoms with van der Waals surface area (Å²) < 4.78 is 31.5. The molecule has 4 nitrogen and oxygen atoms in total. The first-order chi connectivity index (χ1) is 9.96. The molecule has 1 aromatic rings. The van der Waals surface area contributed by atoms with Crippen molar-refractivity contribution in [2.24, 2.45) is 0 Å². The van der Waals surface area contributed by atoms with Gasteiger partial charge >= 0.3 is 0 Å². The van der Waals surface area contributed by atoms with Gasteiger partial charge in [0.05, 0.1) is 25.8 Å². The van der Waals surface area contributed by atoms with Crippen molar-refractivity contribution in [1.29, 1.82) is 0 Å². The number of rotatable bonds is 6. The van der Waals surface area contributed by atoms with E-state index < -0.39 is 30.8 Å². The zero-order chi connectivity index (χ0) is 15.3. The molecule has 1 heterocycles. The summed E-state index contributed by atoms with van der Waals surface area (Å²) in [7, 11) is 0. The van der Waals surface area contributed by atoms with Gasteiger partial charge in [-0.1, -0.05) is 30.3 Å². The summed E-state index contributed by atoms with van der Waals surface area (Å²) >= 11 is 0. The number of hydrogen-bond donors (Lipinski definition) is 2. The number of carbonyl (C=O) groups is 1. The van der Waals surface area contributed by atoms with E-state index in [0.717, 1.165) is 5.56 Å². The van der Waals surface area contributed by atoms with Crippen LogP contribution in [0.5, 0.6) is 0 Å². The number of alkyl halides is 2. The van der Waals surface area contributed by atoms with E-state index in [1.807, 2.05) is 30.3 Å². The molecule has 0 aromatic heterocycles. The molecule has 2 unspecified atom stereocenters. The Morgan fingerprint density at radius 1 is 1.48 bits per heavy atom. The number of nitrogens with one attached hydrogen (secondary N) is 2. The maximum absolute atomic E-state index is 13.0. The molecular weight excluding hydrogens is 278 g/mol. The van der Waals surface area contributed by atoms with Gasteiger partial charge in [0.1, 0.15) is 0 Å². The van der Waals surface area contributed by atoms with E-state index in [0.29, 0.717) is 13.2 Å². The van der Waals surface area contributed by atoms with Crippen LogP contribution in [0.1, 0.15) is 18.9 Å². The average molecular weight is 298 g/mol. The lowest BCUT2D eigenvalue weighted by Gasteiger charge is -2.17. The molecule has 1 amide bonds. The number of amides is 1. The van der Waals surface area contributed by atoms with Crippen LogP contribution in [0.4, 0.5) is 8.78 Å². The van der Waals surface area contributed by atoms with Crippen LogP contribution in [-0.4, -0.2) is 37.1 Å². The second-order valence-electron chi connectivity index (χ2n) is 5.40. The third kappa shape index (κ3) is 5.06. The molecule has 1 aliphatic rings. The van der Waals surface area contributed by atoms with E-state index in [9.17, 15) is 13.6 Å². The van der Waals surface area contributed by atoms with E-state index in [1.54, 1.807) is 6.92 Å². The molecule has 21 heavy (non-hydrogen) atoms. The lowest BCUT2D eigenvalue weighted by molar-refractivity contribution is -0.124. The Bertz CT molecular complexity index is 468. The molecule has 116 valence electrons. The Labute approximate surface area is 122 Å². The fourth-order valence-corrected chi connectivity index (χ4v) is 2.21. The largest absolute Gasteiger partial charge is 0.375 e. The molecule has 0 bridgehead atoms. The van der Waals surface area contributed by atoms with E-state index >= 15 is 0 Å². The lowest BCUT2D eigenvalue weighted by Crippen LogP contribution is -2.45. The predicted molar refractivity (Wildman–Crippen MR) is 75.1 cm³/mol. The molecule has 1 saturated heterocycles. The fourth-order valence-electron chi connectivity index (χ4n) is 2.21. The molecule has 0 radical (unpaired) electrons. The molecule has 1 aliphatic heterocycles. The summed E-state index contributed by atoms with van der Waals surface area (Å²) in [5.74, 6) is -3.20. The Balaban J connectivity index is 1.67. The number of ether oxygens (including phenoxy) is 1. The number of benzene rings is 1. The third-order valence-corrected chi connectivity index (χ3v) is 3.29. The highest BCUT2D eigenvalue weighted by Crippen LogP contribution is 2.25. The SMILES string of the molecule is CC(COCc1ccccc1)NC(=O)C1CC(F)(F)CN1. The van der Waals surface area contributed by atoms with Crippen LogP contribution < -0.4 is 10.6 Å². The Morgan fingerprint density at radius 2 is 2.19 bits per heavy atom. The van der Waals surface area contributed by atoms with E-state index in [2.05, 4.69) is 10.6 Å². The molecule has 0 aliphatic carbocycles. The van der Waals surface area contributed by atoms with Crippen LogP contribution in [0.2, 0.25) is 0 Å². The zero-order valence-electron chi connectivity index (χ0n) is 11.9. The summed E-state index contributed by atoms with van der Waals surface area (Å²) in [5, 5.41) is 5.22. The van der Waals surface area contributed by atoms with E-state index in [4.69, 9.17) is 4.74 Å². The van der Waals surface area contributed by atoms with Gasteiger partial charge in [0, 0.05) is 12.5 Å². The maximum Gasteiger partial charge on any atom is 0.262 e. The van der Waals surface area contributed by atoms with Gasteiger partial charge in [-0.05, 0) is 12.5 Å². The van der Waals surface area contributed by atoms with Crippen molar-refractivity contribution in [2.75, 3.05) is 13.2 Å². The Kier molecular flexibility index (Phi) is 5.25. The highest BCUT2D eigenvalue weighted by molar-refractivity contribution is 5.82. The monoisotopic (exact) mass is 298 g/mol. The maximum atomic E-state index is 13.0. The average Bonchev–Trinajstić information content (AvgIpc) is 2.80. The minimum Gasteiger partial charge on any atom is -0.375 e. The standard InChI is InChI=1S/C15H20F2N2O2/c1-11(8-21-9-12-5-3-2-4-6-12)19-14(20)13-7-15(16,17)10-18-13/h2-6,11,13,18H,7-10H2,1H3,(H,19,20). The highest BCUT2D eigenvalue weighted by Gasteiger charge is 2.42. The quantitative estimate of drug-likeness (QED) is 0.840. The molecule has 1 fully saturated rings. The second-order valence-corrected chi connectivity index (χ2v) is 5.40. The first-order valence-electron chi connectivity index (χ1n) is 6.99. The van der Waals surface area contributed by atoms with Gasteiger partial charge in [0.2, 0.25) is 5.91 Å². The zero-order valence-corrected chi connectivity index (χ0v) is 11.9. The second kappa shape index (κ2) is 6.95. The number of carbonyl (C=O) groups excluding carboxylic acids is 1. The van der Waals surface area contributed by atoms with Crippen molar-refractivity contribution >= 4 is 5.91 Å². The first kappa shape index (κ1) is 15.9. The number of halogens is 2. The highest BCUT2D eigenvalue weighted by atomic mass is 19.3. The third-order valence-electron chi connectivity index (χ3n) is 3.29. The molecular formula is C15H20F2N2O2. The molecule has 0 saturated carbocycles. The molecule has 2 N–H and O–H groups in total. The fraction of sp³-hybridized carbons (Fsp3) is 0.533. The summed E-state index contributed by atoms with van der Waals surface area (Å²) in [6, 6.07) is 8.64. The van der Waals surface area contributed by atoms with Crippen LogP contribution in [0.3, 0.4) is 0 Å². The van der Waals surface area contributed by atoms with Crippen molar-refractivity contribution in [2.45, 2.75) is 38.0 Å². The van der Waals surface area contributed by atoms with Crippen LogP contribution in [0.15, 0.2) is 30.3 Å². The molecule has 0 spiro atoms. The van der Waals surface area contributed by atoms with E-state index in [-0.39, 0.29) is 6.04 Å². The van der Waals surface area contributed by atoms with Crippen molar-refractivity contribution in [3.05, 3.63) is 35.9 Å². The summed E-state index contributed by atoms with van der Waals surface area (Å²) in [6.45, 7) is 2.14. The van der Waals surface area contributed by atoms with Gasteiger partial charge in [-0.25, -0.2) is 8.78 Å². The van der Waals surface area contributed by atoms with Crippen molar-refractivity contribution in [3.8, 4) is 0 Å². The molecule has 2 rings (SSSR count). The van der Waals surface area contributed by atoms with E-state index in [1.165, 1.54) is 0 Å². The summed E-state index contributed by atoms with van der Waals surface area (Å²) in [6.07, 6.45) is -0.448. The van der Waals surface area contributed by atoms with Crippen molar-refractivity contribution in [1.82, 2.24) is 10.6 Å². The van der Waals surface area contributed by atoms with Crippen molar-refractivity contribution in [3.63, 3.8) is 0 Å². The summed E-state index contributed by atoms with van der Waals surface area (Å²) in [5.41, 5.74) is 1.05. The Hall–Kier alpha value is -1.53. The molecule has 2 atom stereocenters. The summed E-state index contributed by atoms with van der Waals surface area (Å²) in [4.78, 5) is 11.8. The van der Waals surface area contributed by atoms with Gasteiger partial charge in [0.15, 0.2) is 0 Å². The van der Waals surface area contributed by atoms with Gasteiger partial charge in [-0.2, -0.15) is 0 Å². The number of hydrogen-bond acceptors (Lipinski definition) is 3. The Morgan fingerprint density at radius 3 is 2.81 bits per heavy atom. The predicted octanol–water partition coefficient (Wildman–Crippen LogP) is 1.71. The molecule has 6 heteroatoms. The van der Waals surface area contributed by atoms with Gasteiger partial charge in [-0.3, -0.25) is 10.1 Å². The topological polar surface area (TPSA) is 50.4 Å². The van der Waals surface area contributed by atoms with Crippen LogP contribution in [0.25, 0.3) is 0 Å². The first-order valence-corrected chi connectivity index (χ1v) is 6.99. The van der Waals surface area contributed by atoms with Gasteiger partial charge in [0.25, 0.3) is 5.92 Å². The lowest BCUT2D eigenvalue weighted by atomic mass is 10.1. The van der Waals surface area contributed by atoms with Gasteiger partial charge < -0.3 is 10.1 Å². The van der Waals surface area contributed by atoms with Crippen LogP contribution in [-0.2, 0) is 16.1 Å². The van der Waals surface area contributed by atoms with Crippen LogP contribution in [0, 0.1) is 0 Å². The minimum atomic E-state index is -2.80. The normalized spacial score (nSPS) is 22.0. The smallest absolute Gasteiger partial charge is 0.262 e. The molecule has 1 aromatic carbocycles. The van der Waals surface area contributed by atoms with Crippen LogP contribution >= 0.6 is 0 Å². The minimum absolute atomic E-state index is 0.225. The van der Waals surface area contributed by atoms with Gasteiger partial charge in [-0.15, -0.1) is 0 Å².